The number of aromatic carboxylic acids is 1. The average molecular weight is 501 g/mol. The number of hydrogen-bond donors (Lipinski definition) is 2. The lowest BCUT2D eigenvalue weighted by atomic mass is 9.78. The lowest BCUT2D eigenvalue weighted by Crippen LogP contribution is -2.32. The highest BCUT2D eigenvalue weighted by molar-refractivity contribution is 5.90. The van der Waals surface area contributed by atoms with E-state index < -0.39 is 11.4 Å². The SMILES string of the molecule is COCCCOc1cc2c(cc1-c1cc3ccccc3[nH]1)-c1cc(=O)c(C(=O)O)cn1C(C(C)(C)C)C2. The fourth-order valence-electron chi connectivity index (χ4n) is 5.18. The van der Waals surface area contributed by atoms with Crippen molar-refractivity contribution < 1.29 is 19.4 Å². The highest BCUT2D eigenvalue weighted by atomic mass is 16.5. The zero-order valence-corrected chi connectivity index (χ0v) is 21.6. The van der Waals surface area contributed by atoms with Gasteiger partial charge in [0.05, 0.1) is 18.0 Å². The van der Waals surface area contributed by atoms with Crippen molar-refractivity contribution >= 4 is 16.9 Å². The van der Waals surface area contributed by atoms with E-state index in [4.69, 9.17) is 9.47 Å². The molecule has 0 bridgehead atoms. The van der Waals surface area contributed by atoms with Crippen LogP contribution in [-0.2, 0) is 11.2 Å². The topological polar surface area (TPSA) is 93.6 Å². The van der Waals surface area contributed by atoms with Gasteiger partial charge in [0, 0.05) is 60.5 Å². The number of carboxylic acids is 1. The van der Waals surface area contributed by atoms with E-state index >= 15 is 0 Å². The number of ether oxygens (including phenoxy) is 2. The Labute approximate surface area is 215 Å². The third-order valence-electron chi connectivity index (χ3n) is 7.11. The molecule has 1 aliphatic heterocycles. The van der Waals surface area contributed by atoms with Gasteiger partial charge in [-0.15, -0.1) is 0 Å². The number of fused-ring (bicyclic) bond motifs is 4. The molecule has 0 amide bonds. The van der Waals surface area contributed by atoms with Crippen molar-refractivity contribution in [3.63, 3.8) is 0 Å². The summed E-state index contributed by atoms with van der Waals surface area (Å²) in [5, 5.41) is 10.7. The molecule has 0 spiro atoms. The van der Waals surface area contributed by atoms with Gasteiger partial charge in [0.2, 0.25) is 0 Å². The van der Waals surface area contributed by atoms with Crippen LogP contribution in [0.15, 0.2) is 59.5 Å². The van der Waals surface area contributed by atoms with Crippen LogP contribution in [0.5, 0.6) is 5.75 Å². The molecule has 0 fully saturated rings. The minimum atomic E-state index is -1.21. The Morgan fingerprint density at radius 3 is 2.59 bits per heavy atom. The van der Waals surface area contributed by atoms with Crippen molar-refractivity contribution in [2.45, 2.75) is 39.7 Å². The number of nitrogens with zero attached hydrogens (tertiary/aromatic N) is 1. The molecule has 0 saturated carbocycles. The number of carboxylic acid groups (broad SMARTS) is 1. The maximum Gasteiger partial charge on any atom is 0.341 e. The summed E-state index contributed by atoms with van der Waals surface area (Å²) >= 11 is 0. The Hall–Kier alpha value is -3.84. The molecule has 37 heavy (non-hydrogen) atoms. The zero-order chi connectivity index (χ0) is 26.3. The minimum absolute atomic E-state index is 0.0334. The van der Waals surface area contributed by atoms with E-state index in [1.807, 2.05) is 22.8 Å². The number of methoxy groups -OCH3 is 1. The molecule has 192 valence electrons. The first-order chi connectivity index (χ1) is 17.7. The lowest BCUT2D eigenvalue weighted by Gasteiger charge is -2.39. The van der Waals surface area contributed by atoms with E-state index in [1.165, 1.54) is 12.3 Å². The normalized spacial score (nSPS) is 14.9. The van der Waals surface area contributed by atoms with Gasteiger partial charge >= 0.3 is 5.97 Å². The predicted octanol–water partition coefficient (Wildman–Crippen LogP) is 5.92. The van der Waals surface area contributed by atoms with E-state index in [-0.39, 0.29) is 17.0 Å². The zero-order valence-electron chi connectivity index (χ0n) is 21.6. The monoisotopic (exact) mass is 500 g/mol. The fourth-order valence-corrected chi connectivity index (χ4v) is 5.18. The molecule has 1 aliphatic rings. The van der Waals surface area contributed by atoms with Crippen molar-refractivity contribution in [3.05, 3.63) is 76.1 Å². The Balaban J connectivity index is 1.71. The summed E-state index contributed by atoms with van der Waals surface area (Å²) in [4.78, 5) is 28.1. The Bertz CT molecular complexity index is 1510. The lowest BCUT2D eigenvalue weighted by molar-refractivity contribution is 0.0693. The molecular weight excluding hydrogens is 468 g/mol. The Kier molecular flexibility index (Phi) is 6.42. The quantitative estimate of drug-likeness (QED) is 0.307. The molecule has 7 nitrogen and oxygen atoms in total. The molecule has 0 aliphatic carbocycles. The summed E-state index contributed by atoms with van der Waals surface area (Å²) in [5.74, 6) is -0.440. The average Bonchev–Trinajstić information content (AvgIpc) is 3.28. The van der Waals surface area contributed by atoms with Crippen LogP contribution in [-0.4, -0.2) is 41.0 Å². The summed E-state index contributed by atoms with van der Waals surface area (Å²) in [5.41, 5.74) is 4.66. The van der Waals surface area contributed by atoms with Crippen molar-refractivity contribution in [2.75, 3.05) is 20.3 Å². The highest BCUT2D eigenvalue weighted by Crippen LogP contribution is 2.46. The molecule has 5 rings (SSSR count). The van der Waals surface area contributed by atoms with Crippen LogP contribution < -0.4 is 10.2 Å². The van der Waals surface area contributed by atoms with E-state index in [0.29, 0.717) is 19.6 Å². The molecule has 0 saturated heterocycles. The fraction of sp³-hybridized carbons (Fsp3) is 0.333. The van der Waals surface area contributed by atoms with Crippen molar-refractivity contribution in [1.82, 2.24) is 9.55 Å². The first-order valence-electron chi connectivity index (χ1n) is 12.5. The van der Waals surface area contributed by atoms with Gasteiger partial charge in [-0.2, -0.15) is 0 Å². The number of aromatic amines is 1. The molecule has 0 radical (unpaired) electrons. The number of rotatable bonds is 7. The number of carbonyl (C=O) groups is 1. The van der Waals surface area contributed by atoms with Gasteiger partial charge in [0.1, 0.15) is 11.3 Å². The van der Waals surface area contributed by atoms with E-state index in [1.54, 1.807) is 7.11 Å². The third-order valence-corrected chi connectivity index (χ3v) is 7.11. The van der Waals surface area contributed by atoms with Gasteiger partial charge < -0.3 is 24.1 Å². The summed E-state index contributed by atoms with van der Waals surface area (Å²) in [6.45, 7) is 7.52. The number of para-hydroxylation sites is 1. The molecule has 2 aromatic carbocycles. The van der Waals surface area contributed by atoms with Crippen LogP contribution >= 0.6 is 0 Å². The number of benzene rings is 2. The second kappa shape index (κ2) is 9.56. The first kappa shape index (κ1) is 24.8. The molecular formula is C30H32N2O5. The molecule has 3 heterocycles. The number of hydrogen-bond acceptors (Lipinski definition) is 4. The van der Waals surface area contributed by atoms with Gasteiger partial charge in [-0.05, 0) is 41.7 Å². The summed E-state index contributed by atoms with van der Waals surface area (Å²) in [6, 6.07) is 15.8. The first-order valence-corrected chi connectivity index (χ1v) is 12.5. The molecule has 1 unspecified atom stereocenters. The van der Waals surface area contributed by atoms with Crippen LogP contribution in [0.2, 0.25) is 0 Å². The Morgan fingerprint density at radius 1 is 1.11 bits per heavy atom. The molecule has 1 atom stereocenters. The van der Waals surface area contributed by atoms with Gasteiger partial charge in [-0.3, -0.25) is 4.79 Å². The highest BCUT2D eigenvalue weighted by Gasteiger charge is 2.34. The summed E-state index contributed by atoms with van der Waals surface area (Å²) in [6.07, 6.45) is 2.96. The smallest absolute Gasteiger partial charge is 0.341 e. The minimum Gasteiger partial charge on any atom is -0.493 e. The van der Waals surface area contributed by atoms with Gasteiger partial charge in [-0.25, -0.2) is 4.79 Å². The van der Waals surface area contributed by atoms with Crippen LogP contribution in [0, 0.1) is 5.41 Å². The molecule has 2 aromatic heterocycles. The van der Waals surface area contributed by atoms with Crippen molar-refractivity contribution in [1.29, 1.82) is 0 Å². The molecule has 7 heteroatoms. The van der Waals surface area contributed by atoms with E-state index in [9.17, 15) is 14.7 Å². The van der Waals surface area contributed by atoms with Crippen LogP contribution in [0.4, 0.5) is 0 Å². The number of H-pyrrole nitrogens is 1. The van der Waals surface area contributed by atoms with Gasteiger partial charge in [0.25, 0.3) is 0 Å². The number of pyridine rings is 1. The molecule has 4 aromatic rings. The van der Waals surface area contributed by atoms with E-state index in [2.05, 4.69) is 50.0 Å². The number of aromatic nitrogens is 2. The molecule has 2 N–H and O–H groups in total. The summed E-state index contributed by atoms with van der Waals surface area (Å²) in [7, 11) is 1.68. The van der Waals surface area contributed by atoms with Crippen molar-refractivity contribution in [2.24, 2.45) is 5.41 Å². The van der Waals surface area contributed by atoms with Crippen molar-refractivity contribution in [3.8, 4) is 28.3 Å². The third kappa shape index (κ3) is 4.67. The van der Waals surface area contributed by atoms with Crippen LogP contribution in [0.3, 0.4) is 0 Å². The van der Waals surface area contributed by atoms with Crippen LogP contribution in [0.1, 0.15) is 49.2 Å². The number of nitrogens with one attached hydrogen (secondary N) is 1. The maximum atomic E-state index is 12.8. The standard InChI is InChI=1S/C30H32N2O5/c1-30(2,3)28-14-19-13-27(37-11-7-10-36-4)21(24-12-18-8-5-6-9-23(18)31-24)15-20(19)25-16-26(33)22(29(34)35)17-32(25)28/h5-6,8-9,12-13,15-17,28,31H,7,10-11,14H2,1-4H3,(H,34,35). The second-order valence-electron chi connectivity index (χ2n) is 10.7. The predicted molar refractivity (Wildman–Crippen MR) is 145 cm³/mol. The van der Waals surface area contributed by atoms with Gasteiger partial charge in [-0.1, -0.05) is 39.0 Å². The second-order valence-corrected chi connectivity index (χ2v) is 10.7. The van der Waals surface area contributed by atoms with Gasteiger partial charge in [0.15, 0.2) is 5.43 Å². The largest absolute Gasteiger partial charge is 0.493 e. The van der Waals surface area contributed by atoms with Crippen LogP contribution in [0.25, 0.3) is 33.4 Å². The Morgan fingerprint density at radius 2 is 1.89 bits per heavy atom. The summed E-state index contributed by atoms with van der Waals surface area (Å²) < 4.78 is 13.5. The van der Waals surface area contributed by atoms with E-state index in [0.717, 1.165) is 51.2 Å². The maximum absolute atomic E-state index is 12.8.